The molecule has 2 heteroatoms. The fourth-order valence-electron chi connectivity index (χ4n) is 1.42. The molecule has 66 valence electrons. The lowest BCUT2D eigenvalue weighted by atomic mass is 10.0. The maximum atomic E-state index is 3.97. The summed E-state index contributed by atoms with van der Waals surface area (Å²) in [7, 11) is 1.94. The Morgan fingerprint density at radius 2 is 2.17 bits per heavy atom. The highest BCUT2D eigenvalue weighted by Gasteiger charge is 2.09. The number of allylic oxidation sites excluding steroid dienone is 3. The van der Waals surface area contributed by atoms with Gasteiger partial charge < -0.3 is 10.6 Å². The molecule has 0 aromatic carbocycles. The van der Waals surface area contributed by atoms with Crippen molar-refractivity contribution in [3.63, 3.8) is 0 Å². The van der Waals surface area contributed by atoms with Gasteiger partial charge >= 0.3 is 0 Å². The molecule has 0 spiro atoms. The summed E-state index contributed by atoms with van der Waals surface area (Å²) in [5.41, 5.74) is 4.74. The Labute approximate surface area is 74.0 Å². The minimum Gasteiger partial charge on any atom is -0.359 e. The van der Waals surface area contributed by atoms with Crippen molar-refractivity contribution in [2.45, 2.75) is 13.8 Å². The molecule has 1 heterocycles. The molecule has 0 bridgehead atoms. The van der Waals surface area contributed by atoms with E-state index in [0.717, 1.165) is 17.9 Å². The Bertz CT molecular complexity index is 259. The van der Waals surface area contributed by atoms with Gasteiger partial charge in [-0.15, -0.1) is 0 Å². The first-order valence-corrected chi connectivity index (χ1v) is 4.14. The normalized spacial score (nSPS) is 17.6. The summed E-state index contributed by atoms with van der Waals surface area (Å²) >= 11 is 0. The molecule has 12 heavy (non-hydrogen) atoms. The van der Waals surface area contributed by atoms with E-state index in [9.17, 15) is 0 Å². The zero-order chi connectivity index (χ0) is 9.14. The first-order chi connectivity index (χ1) is 5.65. The van der Waals surface area contributed by atoms with Crippen LogP contribution in [0.4, 0.5) is 0 Å². The Morgan fingerprint density at radius 1 is 1.50 bits per heavy atom. The van der Waals surface area contributed by atoms with Crippen molar-refractivity contribution in [2.24, 2.45) is 0 Å². The van der Waals surface area contributed by atoms with Crippen LogP contribution in [0.1, 0.15) is 13.8 Å². The Morgan fingerprint density at radius 3 is 2.67 bits per heavy atom. The fourth-order valence-corrected chi connectivity index (χ4v) is 1.42. The molecule has 0 saturated carbocycles. The monoisotopic (exact) mass is 164 g/mol. The van der Waals surface area contributed by atoms with Crippen molar-refractivity contribution in [1.82, 2.24) is 10.6 Å². The maximum Gasteiger partial charge on any atom is 0.0357 e. The zero-order valence-electron chi connectivity index (χ0n) is 7.99. The molecule has 1 aliphatic heterocycles. The average molecular weight is 164 g/mol. The van der Waals surface area contributed by atoms with Crippen LogP contribution >= 0.6 is 0 Å². The molecule has 1 aliphatic rings. The summed E-state index contributed by atoms with van der Waals surface area (Å²) in [6.07, 6.45) is 2.14. The lowest BCUT2D eigenvalue weighted by molar-refractivity contribution is 0.836. The van der Waals surface area contributed by atoms with Crippen LogP contribution in [0, 0.1) is 0 Å². The third kappa shape index (κ3) is 1.77. The van der Waals surface area contributed by atoms with E-state index < -0.39 is 0 Å². The molecular formula is C10H16N2. The number of hydrogen-bond donors (Lipinski definition) is 2. The molecule has 0 saturated heterocycles. The average Bonchev–Trinajstić information content (AvgIpc) is 1.96. The lowest BCUT2D eigenvalue weighted by Gasteiger charge is -2.20. The van der Waals surface area contributed by atoms with Crippen LogP contribution in [-0.4, -0.2) is 13.6 Å². The van der Waals surface area contributed by atoms with Gasteiger partial charge in [0.15, 0.2) is 0 Å². The van der Waals surface area contributed by atoms with Crippen molar-refractivity contribution >= 4 is 0 Å². The summed E-state index contributed by atoms with van der Waals surface area (Å²) in [5, 5.41) is 6.34. The van der Waals surface area contributed by atoms with E-state index in [2.05, 4.69) is 30.2 Å². The molecule has 0 aromatic rings. The Hall–Kier alpha value is -1.02. The van der Waals surface area contributed by atoms with Gasteiger partial charge in [-0.05, 0) is 38.1 Å². The minimum absolute atomic E-state index is 0.876. The van der Waals surface area contributed by atoms with Crippen LogP contribution in [0.5, 0.6) is 0 Å². The molecule has 0 aromatic heterocycles. The first-order valence-electron chi connectivity index (χ1n) is 4.14. The second kappa shape index (κ2) is 3.59. The molecule has 0 aliphatic carbocycles. The molecule has 0 unspecified atom stereocenters. The summed E-state index contributed by atoms with van der Waals surface area (Å²) in [5.74, 6) is 0. The molecule has 0 amide bonds. The number of likely N-dealkylation sites (N-methyl/N-ethyl adjacent to an activating group) is 1. The van der Waals surface area contributed by atoms with Gasteiger partial charge in [-0.25, -0.2) is 0 Å². The first kappa shape index (κ1) is 9.07. The third-order valence-corrected chi connectivity index (χ3v) is 1.97. The summed E-state index contributed by atoms with van der Waals surface area (Å²) < 4.78 is 0. The largest absolute Gasteiger partial charge is 0.359 e. The van der Waals surface area contributed by atoms with Crippen LogP contribution in [0.2, 0.25) is 0 Å². The number of dihydropyridines is 1. The second-order valence-corrected chi connectivity index (χ2v) is 3.12. The molecule has 2 N–H and O–H groups in total. The number of hydrogen-bond acceptors (Lipinski definition) is 2. The topological polar surface area (TPSA) is 24.1 Å². The molecule has 0 atom stereocenters. The van der Waals surface area contributed by atoms with Gasteiger partial charge in [0.2, 0.25) is 0 Å². The Kier molecular flexibility index (Phi) is 2.71. The highest BCUT2D eigenvalue weighted by Crippen LogP contribution is 2.18. The van der Waals surface area contributed by atoms with Crippen LogP contribution < -0.4 is 10.6 Å². The fraction of sp³-hybridized carbons (Fsp3) is 0.400. The third-order valence-electron chi connectivity index (χ3n) is 1.97. The van der Waals surface area contributed by atoms with Crippen molar-refractivity contribution < 1.29 is 0 Å². The van der Waals surface area contributed by atoms with Crippen LogP contribution in [0.15, 0.2) is 35.2 Å². The van der Waals surface area contributed by atoms with Crippen LogP contribution in [-0.2, 0) is 0 Å². The highest BCUT2D eigenvalue weighted by atomic mass is 14.9. The van der Waals surface area contributed by atoms with Crippen molar-refractivity contribution in [3.8, 4) is 0 Å². The molecule has 0 radical (unpaired) electrons. The molecule has 0 fully saturated rings. The van der Waals surface area contributed by atoms with Gasteiger partial charge in [-0.2, -0.15) is 0 Å². The van der Waals surface area contributed by atoms with E-state index in [-0.39, 0.29) is 0 Å². The van der Waals surface area contributed by atoms with E-state index in [0.29, 0.717) is 0 Å². The zero-order valence-corrected chi connectivity index (χ0v) is 7.99. The molecule has 2 nitrogen and oxygen atoms in total. The second-order valence-electron chi connectivity index (χ2n) is 3.12. The van der Waals surface area contributed by atoms with E-state index >= 15 is 0 Å². The van der Waals surface area contributed by atoms with Gasteiger partial charge in [0.05, 0.1) is 0 Å². The predicted molar refractivity (Wildman–Crippen MR) is 52.7 cm³/mol. The maximum absolute atomic E-state index is 3.97. The quantitative estimate of drug-likeness (QED) is 0.647. The molecular weight excluding hydrogens is 148 g/mol. The summed E-state index contributed by atoms with van der Waals surface area (Å²) in [4.78, 5) is 0. The van der Waals surface area contributed by atoms with Gasteiger partial charge in [-0.3, -0.25) is 0 Å². The van der Waals surface area contributed by atoms with Crippen molar-refractivity contribution in [1.29, 1.82) is 0 Å². The predicted octanol–water partition coefficient (Wildman–Crippen LogP) is 1.54. The SMILES string of the molecule is C=C1NC(C)=CC(C)=C1CNC. The van der Waals surface area contributed by atoms with Gasteiger partial charge in [0.25, 0.3) is 0 Å². The van der Waals surface area contributed by atoms with E-state index in [4.69, 9.17) is 0 Å². The van der Waals surface area contributed by atoms with Gasteiger partial charge in [-0.1, -0.05) is 6.58 Å². The van der Waals surface area contributed by atoms with Crippen LogP contribution in [0.3, 0.4) is 0 Å². The smallest absolute Gasteiger partial charge is 0.0357 e. The lowest BCUT2D eigenvalue weighted by Crippen LogP contribution is -2.23. The summed E-state index contributed by atoms with van der Waals surface area (Å²) in [6, 6.07) is 0. The van der Waals surface area contributed by atoms with Crippen molar-refractivity contribution in [2.75, 3.05) is 13.6 Å². The Balaban J connectivity index is 2.91. The van der Waals surface area contributed by atoms with E-state index in [1.807, 2.05) is 14.0 Å². The van der Waals surface area contributed by atoms with Crippen LogP contribution in [0.25, 0.3) is 0 Å². The molecule has 1 rings (SSSR count). The standard InChI is InChI=1S/C10H16N2/c1-7-5-8(2)12-9(3)10(7)6-11-4/h5,11-12H,3,6H2,1-2,4H3. The summed E-state index contributed by atoms with van der Waals surface area (Å²) in [6.45, 7) is 9.00. The van der Waals surface area contributed by atoms with Crippen molar-refractivity contribution in [3.05, 3.63) is 35.2 Å². The number of rotatable bonds is 2. The minimum atomic E-state index is 0.876. The number of nitrogens with one attached hydrogen (secondary N) is 2. The van der Waals surface area contributed by atoms with E-state index in [1.165, 1.54) is 11.1 Å². The van der Waals surface area contributed by atoms with E-state index in [1.54, 1.807) is 0 Å². The van der Waals surface area contributed by atoms with Gasteiger partial charge in [0, 0.05) is 17.9 Å². The van der Waals surface area contributed by atoms with Gasteiger partial charge in [0.1, 0.15) is 0 Å². The highest BCUT2D eigenvalue weighted by molar-refractivity contribution is 5.44.